The summed E-state index contributed by atoms with van der Waals surface area (Å²) in [6, 6.07) is 0.875. The van der Waals surface area contributed by atoms with E-state index in [1.807, 2.05) is 0 Å². The molecule has 0 fully saturated rings. The summed E-state index contributed by atoms with van der Waals surface area (Å²) in [5, 5.41) is 0. The molecule has 0 spiro atoms. The van der Waals surface area contributed by atoms with E-state index < -0.39 is 11.9 Å². The Morgan fingerprint density at radius 2 is 2.00 bits per heavy atom. The summed E-state index contributed by atoms with van der Waals surface area (Å²) in [5.74, 6) is 0.601. The molecular formula is C11H16F3N3. The Labute approximate surface area is 98.7 Å². The van der Waals surface area contributed by atoms with E-state index in [-0.39, 0.29) is 5.95 Å². The van der Waals surface area contributed by atoms with E-state index in [2.05, 4.69) is 23.8 Å². The average molecular weight is 247 g/mol. The highest BCUT2D eigenvalue weighted by atomic mass is 19.4. The van der Waals surface area contributed by atoms with Crippen LogP contribution in [0.4, 0.5) is 19.1 Å². The lowest BCUT2D eigenvalue weighted by molar-refractivity contribution is -0.141. The lowest BCUT2D eigenvalue weighted by Gasteiger charge is -2.18. The van der Waals surface area contributed by atoms with Gasteiger partial charge in [-0.1, -0.05) is 13.8 Å². The van der Waals surface area contributed by atoms with Gasteiger partial charge in [0, 0.05) is 19.8 Å². The Kier molecular flexibility index (Phi) is 4.31. The molecule has 17 heavy (non-hydrogen) atoms. The second kappa shape index (κ2) is 5.33. The van der Waals surface area contributed by atoms with Gasteiger partial charge in [0.15, 0.2) is 0 Å². The minimum atomic E-state index is -4.42. The van der Waals surface area contributed by atoms with Crippen LogP contribution in [0, 0.1) is 5.92 Å². The van der Waals surface area contributed by atoms with Crippen molar-refractivity contribution >= 4 is 5.95 Å². The number of rotatable bonds is 4. The summed E-state index contributed by atoms with van der Waals surface area (Å²) in [6.45, 7) is 4.75. The van der Waals surface area contributed by atoms with Crippen LogP contribution >= 0.6 is 0 Å². The van der Waals surface area contributed by atoms with E-state index in [1.165, 1.54) is 0 Å². The maximum absolute atomic E-state index is 12.4. The smallest absolute Gasteiger partial charge is 0.344 e. The van der Waals surface area contributed by atoms with Gasteiger partial charge in [0.05, 0.1) is 0 Å². The van der Waals surface area contributed by atoms with Gasteiger partial charge < -0.3 is 4.90 Å². The molecule has 1 heterocycles. The second-order valence-corrected chi connectivity index (χ2v) is 4.34. The first-order valence-corrected chi connectivity index (χ1v) is 5.42. The van der Waals surface area contributed by atoms with E-state index in [4.69, 9.17) is 0 Å². The van der Waals surface area contributed by atoms with Crippen LogP contribution in [0.15, 0.2) is 12.3 Å². The summed E-state index contributed by atoms with van der Waals surface area (Å²) in [4.78, 5) is 8.99. The van der Waals surface area contributed by atoms with Gasteiger partial charge in [0.2, 0.25) is 5.95 Å². The van der Waals surface area contributed by atoms with E-state index in [1.54, 1.807) is 11.9 Å². The molecule has 96 valence electrons. The third-order valence-electron chi connectivity index (χ3n) is 2.32. The van der Waals surface area contributed by atoms with Crippen LogP contribution in [-0.4, -0.2) is 23.6 Å². The maximum Gasteiger partial charge on any atom is 0.433 e. The fourth-order valence-electron chi connectivity index (χ4n) is 1.24. The number of aromatic nitrogens is 2. The third-order valence-corrected chi connectivity index (χ3v) is 2.32. The van der Waals surface area contributed by atoms with Gasteiger partial charge in [-0.2, -0.15) is 13.2 Å². The van der Waals surface area contributed by atoms with Gasteiger partial charge in [-0.25, -0.2) is 9.97 Å². The lowest BCUT2D eigenvalue weighted by atomic mass is 10.1. The van der Waals surface area contributed by atoms with Gasteiger partial charge >= 0.3 is 6.18 Å². The molecule has 0 radical (unpaired) electrons. The summed E-state index contributed by atoms with van der Waals surface area (Å²) in [5.41, 5.74) is -0.904. The first-order valence-electron chi connectivity index (χ1n) is 5.42. The van der Waals surface area contributed by atoms with Crippen molar-refractivity contribution in [1.29, 1.82) is 0 Å². The molecule has 6 heteroatoms. The topological polar surface area (TPSA) is 29.0 Å². The van der Waals surface area contributed by atoms with Gasteiger partial charge in [-0.05, 0) is 18.4 Å². The van der Waals surface area contributed by atoms with Gasteiger partial charge in [-0.3, -0.25) is 0 Å². The van der Waals surface area contributed by atoms with Crippen LogP contribution in [0.2, 0.25) is 0 Å². The van der Waals surface area contributed by atoms with Crippen LogP contribution in [-0.2, 0) is 6.18 Å². The quantitative estimate of drug-likeness (QED) is 0.819. The summed E-state index contributed by atoms with van der Waals surface area (Å²) < 4.78 is 37.3. The predicted octanol–water partition coefficient (Wildman–Crippen LogP) is 2.98. The fraction of sp³-hybridized carbons (Fsp3) is 0.636. The number of nitrogens with zero attached hydrogens (tertiary/aromatic N) is 3. The molecule has 0 bridgehead atoms. The molecule has 0 aliphatic carbocycles. The second-order valence-electron chi connectivity index (χ2n) is 4.34. The Morgan fingerprint density at radius 1 is 1.35 bits per heavy atom. The zero-order chi connectivity index (χ0) is 13.1. The predicted molar refractivity (Wildman–Crippen MR) is 59.8 cm³/mol. The highest BCUT2D eigenvalue weighted by Crippen LogP contribution is 2.27. The molecule has 0 saturated heterocycles. The van der Waals surface area contributed by atoms with Crippen molar-refractivity contribution in [2.45, 2.75) is 26.4 Å². The van der Waals surface area contributed by atoms with Crippen molar-refractivity contribution in [3.63, 3.8) is 0 Å². The van der Waals surface area contributed by atoms with E-state index in [9.17, 15) is 13.2 Å². The van der Waals surface area contributed by atoms with Gasteiger partial charge in [0.25, 0.3) is 0 Å². The molecule has 0 unspecified atom stereocenters. The van der Waals surface area contributed by atoms with Crippen LogP contribution in [0.1, 0.15) is 26.0 Å². The number of hydrogen-bond acceptors (Lipinski definition) is 3. The first kappa shape index (κ1) is 13.7. The first-order chi connectivity index (χ1) is 7.80. The molecular weight excluding hydrogens is 231 g/mol. The molecule has 0 saturated carbocycles. The van der Waals surface area contributed by atoms with E-state index >= 15 is 0 Å². The summed E-state index contributed by atoms with van der Waals surface area (Å²) >= 11 is 0. The molecule has 3 nitrogen and oxygen atoms in total. The van der Waals surface area contributed by atoms with Crippen molar-refractivity contribution < 1.29 is 13.2 Å². The maximum atomic E-state index is 12.4. The fourth-order valence-corrected chi connectivity index (χ4v) is 1.24. The molecule has 0 amide bonds. The Hall–Kier alpha value is -1.33. The minimum Gasteiger partial charge on any atom is -0.344 e. The molecule has 1 rings (SSSR count). The molecule has 1 aromatic heterocycles. The van der Waals surface area contributed by atoms with Crippen LogP contribution < -0.4 is 4.90 Å². The summed E-state index contributed by atoms with van der Waals surface area (Å²) in [7, 11) is 1.69. The van der Waals surface area contributed by atoms with Crippen molar-refractivity contribution in [2.75, 3.05) is 18.5 Å². The standard InChI is InChI=1S/C11H16F3N3/c1-8(2)5-7-17(3)10-15-6-4-9(16-10)11(12,13)14/h4,6,8H,5,7H2,1-3H3. The Balaban J connectivity index is 2.77. The number of halogens is 3. The molecule has 0 aromatic carbocycles. The Morgan fingerprint density at radius 3 is 2.53 bits per heavy atom. The van der Waals surface area contributed by atoms with Crippen molar-refractivity contribution in [3.05, 3.63) is 18.0 Å². The SMILES string of the molecule is CC(C)CCN(C)c1nccc(C(F)(F)F)n1. The largest absolute Gasteiger partial charge is 0.433 e. The van der Waals surface area contributed by atoms with Crippen molar-refractivity contribution in [2.24, 2.45) is 5.92 Å². The highest BCUT2D eigenvalue weighted by Gasteiger charge is 2.33. The number of alkyl halides is 3. The number of anilines is 1. The van der Waals surface area contributed by atoms with Crippen LogP contribution in [0.3, 0.4) is 0 Å². The monoisotopic (exact) mass is 247 g/mol. The van der Waals surface area contributed by atoms with E-state index in [0.717, 1.165) is 18.7 Å². The average Bonchev–Trinajstić information content (AvgIpc) is 2.25. The molecule has 0 aliphatic heterocycles. The molecule has 0 aliphatic rings. The molecule has 1 aromatic rings. The van der Waals surface area contributed by atoms with Crippen molar-refractivity contribution in [3.8, 4) is 0 Å². The van der Waals surface area contributed by atoms with Gasteiger partial charge in [-0.15, -0.1) is 0 Å². The lowest BCUT2D eigenvalue weighted by Crippen LogP contribution is -2.23. The number of hydrogen-bond donors (Lipinski definition) is 0. The van der Waals surface area contributed by atoms with E-state index in [0.29, 0.717) is 12.5 Å². The third kappa shape index (κ3) is 4.20. The Bertz CT molecular complexity index is 363. The van der Waals surface area contributed by atoms with Crippen LogP contribution in [0.25, 0.3) is 0 Å². The van der Waals surface area contributed by atoms with Gasteiger partial charge in [0.1, 0.15) is 5.69 Å². The minimum absolute atomic E-state index is 0.112. The van der Waals surface area contributed by atoms with Crippen molar-refractivity contribution in [1.82, 2.24) is 9.97 Å². The zero-order valence-electron chi connectivity index (χ0n) is 10.1. The normalized spacial score (nSPS) is 11.9. The summed E-state index contributed by atoms with van der Waals surface area (Å²) in [6.07, 6.45) is -2.40. The van der Waals surface area contributed by atoms with Crippen LogP contribution in [0.5, 0.6) is 0 Å². The molecule has 0 atom stereocenters. The zero-order valence-corrected chi connectivity index (χ0v) is 10.1. The molecule has 0 N–H and O–H groups in total. The highest BCUT2D eigenvalue weighted by molar-refractivity contribution is 5.29.